The van der Waals surface area contributed by atoms with Gasteiger partial charge in [0.05, 0.1) is 6.10 Å². The minimum absolute atomic E-state index is 0.230. The Morgan fingerprint density at radius 2 is 1.92 bits per heavy atom. The molecule has 4 N–H and O–H groups in total. The Bertz CT molecular complexity index is 192. The SMILES string of the molecule is NC1CCCCC1OP(=O)(O)O. The van der Waals surface area contributed by atoms with Crippen molar-refractivity contribution in [3.05, 3.63) is 0 Å². The fourth-order valence-electron chi connectivity index (χ4n) is 1.43. The molecule has 0 spiro atoms. The summed E-state index contributed by atoms with van der Waals surface area (Å²) in [5.74, 6) is 0. The van der Waals surface area contributed by atoms with E-state index in [0.717, 1.165) is 19.3 Å². The first-order valence-electron chi connectivity index (χ1n) is 3.98. The second-order valence-corrected chi connectivity index (χ2v) is 4.27. The molecule has 1 aliphatic rings. The van der Waals surface area contributed by atoms with Gasteiger partial charge in [0.25, 0.3) is 0 Å². The average molecular weight is 195 g/mol. The van der Waals surface area contributed by atoms with Crippen LogP contribution in [0.1, 0.15) is 25.7 Å². The van der Waals surface area contributed by atoms with Gasteiger partial charge in [0, 0.05) is 6.04 Å². The van der Waals surface area contributed by atoms with Crippen LogP contribution in [0.25, 0.3) is 0 Å². The summed E-state index contributed by atoms with van der Waals surface area (Å²) in [5.41, 5.74) is 5.62. The van der Waals surface area contributed by atoms with E-state index in [2.05, 4.69) is 4.52 Å². The summed E-state index contributed by atoms with van der Waals surface area (Å²) in [6, 6.07) is -0.230. The predicted molar refractivity (Wildman–Crippen MR) is 43.4 cm³/mol. The standard InChI is InChI=1S/C6H14NO4P/c7-5-3-1-2-4-6(5)11-12(8,9)10/h5-6H,1-4,7H2,(H2,8,9,10). The van der Waals surface area contributed by atoms with Gasteiger partial charge in [0.15, 0.2) is 0 Å². The molecule has 0 aromatic carbocycles. The number of nitrogens with two attached hydrogens (primary N) is 1. The maximum absolute atomic E-state index is 10.5. The summed E-state index contributed by atoms with van der Waals surface area (Å²) in [6.45, 7) is 0. The van der Waals surface area contributed by atoms with Crippen molar-refractivity contribution in [2.45, 2.75) is 37.8 Å². The van der Waals surface area contributed by atoms with Crippen molar-refractivity contribution in [3.63, 3.8) is 0 Å². The molecule has 1 saturated carbocycles. The molecule has 12 heavy (non-hydrogen) atoms. The van der Waals surface area contributed by atoms with Crippen LogP contribution in [-0.2, 0) is 9.09 Å². The molecular formula is C6H14NO4P. The first-order chi connectivity index (χ1) is 5.49. The summed E-state index contributed by atoms with van der Waals surface area (Å²) in [4.78, 5) is 17.0. The largest absolute Gasteiger partial charge is 0.469 e. The molecule has 0 radical (unpaired) electrons. The summed E-state index contributed by atoms with van der Waals surface area (Å²) >= 11 is 0. The van der Waals surface area contributed by atoms with E-state index in [1.165, 1.54) is 0 Å². The van der Waals surface area contributed by atoms with Crippen LogP contribution in [0.5, 0.6) is 0 Å². The van der Waals surface area contributed by atoms with E-state index < -0.39 is 13.9 Å². The van der Waals surface area contributed by atoms with E-state index in [1.807, 2.05) is 0 Å². The van der Waals surface area contributed by atoms with Crippen molar-refractivity contribution in [1.29, 1.82) is 0 Å². The van der Waals surface area contributed by atoms with E-state index in [-0.39, 0.29) is 6.04 Å². The first kappa shape index (κ1) is 10.2. The van der Waals surface area contributed by atoms with Crippen LogP contribution >= 0.6 is 7.82 Å². The lowest BCUT2D eigenvalue weighted by Crippen LogP contribution is -2.38. The van der Waals surface area contributed by atoms with E-state index in [9.17, 15) is 4.57 Å². The van der Waals surface area contributed by atoms with Gasteiger partial charge in [-0.25, -0.2) is 4.57 Å². The van der Waals surface area contributed by atoms with Gasteiger partial charge in [-0.15, -0.1) is 0 Å². The Morgan fingerprint density at radius 1 is 1.33 bits per heavy atom. The van der Waals surface area contributed by atoms with Gasteiger partial charge in [-0.2, -0.15) is 0 Å². The highest BCUT2D eigenvalue weighted by Gasteiger charge is 2.29. The summed E-state index contributed by atoms with van der Waals surface area (Å²) < 4.78 is 15.0. The zero-order chi connectivity index (χ0) is 9.19. The molecule has 5 nitrogen and oxygen atoms in total. The molecule has 0 aromatic rings. The van der Waals surface area contributed by atoms with Crippen LogP contribution in [0.15, 0.2) is 0 Å². The summed E-state index contributed by atoms with van der Waals surface area (Å²) in [7, 11) is -4.35. The third-order valence-corrected chi connectivity index (χ3v) is 2.57. The molecule has 1 rings (SSSR count). The van der Waals surface area contributed by atoms with Crippen molar-refractivity contribution >= 4 is 7.82 Å². The van der Waals surface area contributed by atoms with Crippen molar-refractivity contribution < 1.29 is 18.9 Å². The molecule has 1 aliphatic carbocycles. The van der Waals surface area contributed by atoms with Gasteiger partial charge in [-0.05, 0) is 12.8 Å². The van der Waals surface area contributed by atoms with Crippen molar-refractivity contribution in [1.82, 2.24) is 0 Å². The molecule has 0 aliphatic heterocycles. The van der Waals surface area contributed by atoms with Crippen molar-refractivity contribution in [2.75, 3.05) is 0 Å². The van der Waals surface area contributed by atoms with Crippen LogP contribution in [0, 0.1) is 0 Å². The Labute approximate surface area is 71.1 Å². The number of phosphoric ester groups is 1. The second-order valence-electron chi connectivity index (χ2n) is 3.08. The average Bonchev–Trinajstić information content (AvgIpc) is 1.91. The van der Waals surface area contributed by atoms with E-state index in [1.54, 1.807) is 0 Å². The van der Waals surface area contributed by atoms with Gasteiger partial charge < -0.3 is 15.5 Å². The molecule has 0 heterocycles. The Balaban J connectivity index is 2.44. The summed E-state index contributed by atoms with van der Waals surface area (Å²) in [6.07, 6.45) is 2.90. The van der Waals surface area contributed by atoms with Crippen LogP contribution in [-0.4, -0.2) is 21.9 Å². The number of rotatable bonds is 2. The molecule has 0 aromatic heterocycles. The molecule has 2 unspecified atom stereocenters. The van der Waals surface area contributed by atoms with Gasteiger partial charge in [0.2, 0.25) is 0 Å². The maximum atomic E-state index is 10.5. The van der Waals surface area contributed by atoms with Crippen molar-refractivity contribution in [3.8, 4) is 0 Å². The highest BCUT2D eigenvalue weighted by Crippen LogP contribution is 2.40. The lowest BCUT2D eigenvalue weighted by atomic mass is 9.94. The van der Waals surface area contributed by atoms with E-state index >= 15 is 0 Å². The minimum atomic E-state index is -4.35. The quantitative estimate of drug-likeness (QED) is 0.553. The normalized spacial score (nSPS) is 31.9. The Hall–Kier alpha value is 0.0700. The molecule has 0 amide bonds. The van der Waals surface area contributed by atoms with E-state index in [0.29, 0.717) is 6.42 Å². The highest BCUT2D eigenvalue weighted by molar-refractivity contribution is 7.46. The fourth-order valence-corrected chi connectivity index (χ4v) is 2.05. The van der Waals surface area contributed by atoms with Gasteiger partial charge in [0.1, 0.15) is 0 Å². The lowest BCUT2D eigenvalue weighted by molar-refractivity contribution is 0.0886. The number of hydrogen-bond acceptors (Lipinski definition) is 3. The lowest BCUT2D eigenvalue weighted by Gasteiger charge is -2.28. The third kappa shape index (κ3) is 3.21. The molecule has 0 saturated heterocycles. The minimum Gasteiger partial charge on any atom is -0.325 e. The van der Waals surface area contributed by atoms with Crippen molar-refractivity contribution in [2.24, 2.45) is 5.73 Å². The molecular weight excluding hydrogens is 181 g/mol. The zero-order valence-electron chi connectivity index (χ0n) is 6.72. The smallest absolute Gasteiger partial charge is 0.325 e. The second kappa shape index (κ2) is 3.85. The molecule has 1 fully saturated rings. The number of hydrogen-bond donors (Lipinski definition) is 3. The molecule has 72 valence electrons. The van der Waals surface area contributed by atoms with Crippen LogP contribution in [0.2, 0.25) is 0 Å². The Morgan fingerprint density at radius 3 is 2.42 bits per heavy atom. The molecule has 6 heteroatoms. The van der Waals surface area contributed by atoms with Gasteiger partial charge >= 0.3 is 7.82 Å². The zero-order valence-corrected chi connectivity index (χ0v) is 7.61. The highest BCUT2D eigenvalue weighted by atomic mass is 31.2. The van der Waals surface area contributed by atoms with Gasteiger partial charge in [-0.1, -0.05) is 12.8 Å². The Kier molecular flexibility index (Phi) is 3.26. The van der Waals surface area contributed by atoms with E-state index in [4.69, 9.17) is 15.5 Å². The maximum Gasteiger partial charge on any atom is 0.469 e. The summed E-state index contributed by atoms with van der Waals surface area (Å²) in [5, 5.41) is 0. The monoisotopic (exact) mass is 195 g/mol. The predicted octanol–water partition coefficient (Wildman–Crippen LogP) is 0.366. The topological polar surface area (TPSA) is 92.8 Å². The first-order valence-corrected chi connectivity index (χ1v) is 5.51. The third-order valence-electron chi connectivity index (χ3n) is 2.03. The van der Waals surface area contributed by atoms with Crippen LogP contribution < -0.4 is 5.73 Å². The van der Waals surface area contributed by atoms with Crippen LogP contribution in [0.4, 0.5) is 0 Å². The number of phosphoric acid groups is 1. The van der Waals surface area contributed by atoms with Gasteiger partial charge in [-0.3, -0.25) is 4.52 Å². The van der Waals surface area contributed by atoms with Crippen LogP contribution in [0.3, 0.4) is 0 Å². The molecule has 0 bridgehead atoms. The molecule has 2 atom stereocenters. The fraction of sp³-hybridized carbons (Fsp3) is 1.00.